The highest BCUT2D eigenvalue weighted by Crippen LogP contribution is 2.23. The Balaban J connectivity index is 0.000000185. The molecule has 0 aliphatic rings. The van der Waals surface area contributed by atoms with Crippen LogP contribution in [0.15, 0.2) is 303 Å². The minimum Gasteiger partial charge on any atom is -0.453 e. The second kappa shape index (κ2) is 52.3. The van der Waals surface area contributed by atoms with Gasteiger partial charge in [-0.15, -0.1) is 0 Å². The van der Waals surface area contributed by atoms with Crippen molar-refractivity contribution < 1.29 is 81.4 Å². The molecule has 4 atom stereocenters. The molecule has 145 heavy (non-hydrogen) atoms. The molecule has 0 fully saturated rings. The largest absolute Gasteiger partial charge is 0.453 e. The summed E-state index contributed by atoms with van der Waals surface area (Å²) in [7, 11) is 1.27. The Morgan fingerprint density at radius 1 is 0.283 bits per heavy atom. The summed E-state index contributed by atoms with van der Waals surface area (Å²) in [6.45, 7) is 9.53. The van der Waals surface area contributed by atoms with Crippen LogP contribution in [0.25, 0.3) is 22.7 Å². The molecule has 37 nitrogen and oxygen atoms in total. The number of nitrogens with two attached hydrogens (primary N) is 4. The molecule has 0 saturated carbocycles. The van der Waals surface area contributed by atoms with Crippen molar-refractivity contribution >= 4 is 94.2 Å². The Kier molecular flexibility index (Phi) is 38.4. The lowest BCUT2D eigenvalue weighted by Crippen LogP contribution is -2.47. The third-order valence-electron chi connectivity index (χ3n) is 22.1. The molecule has 0 aliphatic carbocycles. The molecule has 14 rings (SSSR count). The number of carbonyl (C=O) groups is 16. The number of rotatable bonds is 40. The summed E-state index contributed by atoms with van der Waals surface area (Å²) >= 11 is 0. The topological polar surface area (TPSA) is 554 Å². The fraction of sp³-hybridized carbons (Fsp3) is 0.185. The third kappa shape index (κ3) is 31.8. The molecular weight excluding hydrogens is 1850 g/mol. The SMILES string of the molecule is CC(=O)NCc1cccc(-n2nc(C)cc2C(=O)NC(Cc2ccccc2)C(=O)C(N)=O)c1.COC(=O)NCc1cccc(-n2nc(C)cc2C(=O)NC(Cc2ccccc2)C(=O)C(N)=O)c1.Cc1cc(C(=O)NC(Cc2ccccc2)C(=O)C(N)=O)n(-c2cccc(CNC(=O)CCc3ccccc3)c2)n1.Cc1cc(C(=O)NC(Cc2ccccc2)C(=O)C(N)=O)n(-c2cccc(CNC(=O)c3ccccc3)c2)n1. The fourth-order valence-electron chi connectivity index (χ4n) is 15.0. The van der Waals surface area contributed by atoms with Gasteiger partial charge in [0.1, 0.15) is 46.9 Å². The van der Waals surface area contributed by atoms with E-state index in [1.807, 2.05) is 97.1 Å². The van der Waals surface area contributed by atoms with Crippen molar-refractivity contribution in [2.24, 2.45) is 22.9 Å². The van der Waals surface area contributed by atoms with E-state index in [0.717, 1.165) is 50.1 Å². The van der Waals surface area contributed by atoms with E-state index < -0.39 is 101 Å². The van der Waals surface area contributed by atoms with E-state index in [9.17, 15) is 76.7 Å². The van der Waals surface area contributed by atoms with Crippen LogP contribution in [-0.4, -0.2) is 165 Å². The zero-order valence-electron chi connectivity index (χ0n) is 80.1. The van der Waals surface area contributed by atoms with Crippen molar-refractivity contribution in [1.82, 2.24) is 81.7 Å². The predicted molar refractivity (Wildman–Crippen MR) is 537 cm³/mol. The highest BCUT2D eigenvalue weighted by molar-refractivity contribution is 6.39. The predicted octanol–water partition coefficient (Wildman–Crippen LogP) is 7.98. The van der Waals surface area contributed by atoms with E-state index in [-0.39, 0.29) is 79.3 Å². The quantitative estimate of drug-likeness (QED) is 0.0162. The summed E-state index contributed by atoms with van der Waals surface area (Å²) in [5.41, 5.74) is 34.3. The molecule has 16 N–H and O–H groups in total. The molecule has 0 saturated heterocycles. The molecule has 742 valence electrons. The van der Waals surface area contributed by atoms with E-state index in [0.29, 0.717) is 77.0 Å². The number of methoxy groups -OCH3 is 1. The number of ether oxygens (including phenoxy) is 1. The summed E-state index contributed by atoms with van der Waals surface area (Å²) < 4.78 is 10.4. The van der Waals surface area contributed by atoms with Gasteiger partial charge in [-0.3, -0.25) is 71.9 Å². The summed E-state index contributed by atoms with van der Waals surface area (Å²) in [4.78, 5) is 197. The van der Waals surface area contributed by atoms with E-state index in [1.165, 1.54) is 32.8 Å². The first-order chi connectivity index (χ1) is 69.6. The molecule has 4 unspecified atom stereocenters. The molecule has 0 spiro atoms. The molecule has 14 aromatic rings. The van der Waals surface area contributed by atoms with Crippen LogP contribution < -0.4 is 65.5 Å². The smallest absolute Gasteiger partial charge is 0.407 e. The number of benzene rings is 10. The number of hydrogen-bond acceptors (Lipinski definition) is 21. The van der Waals surface area contributed by atoms with Gasteiger partial charge in [-0.05, 0) is 169 Å². The Morgan fingerprint density at radius 2 is 0.524 bits per heavy atom. The minimum absolute atomic E-state index is 0.0622. The van der Waals surface area contributed by atoms with Crippen LogP contribution >= 0.6 is 0 Å². The molecule has 37 heteroatoms. The summed E-state index contributed by atoms with van der Waals surface area (Å²) in [6, 6.07) is 85.5. The molecule has 4 aromatic heterocycles. The number of ketones is 4. The normalized spacial score (nSPS) is 11.4. The standard InChI is InChI=1S/C31H31N5O4.C29H27N5O4.C24H25N5O5.C24H25N5O4/c1-21-17-27(31(40)34-26(29(38)30(32)39)19-23-11-6-3-7-12-23)36(35-21)25-14-8-13-24(18-25)20-33-28(37)16-15-22-9-4-2-5-10-22;1-19-15-25(29(38)32-24(26(35)27(30)36)17-20-9-4-2-5-10-20)34(33-19)23-14-8-11-21(16-23)18-31-28(37)22-12-6-3-7-13-22;1-15-11-20(29(28-15)18-10-6-9-17(12-18)14-26-24(33)34-2)23(32)27-19(21(30)22(25)31)13-16-7-4-3-5-8-16;1-15-11-21(29(28-15)19-10-6-9-18(12-19)14-26-16(2)30)24(33)27-20(22(31)23(25)32)13-17-7-4-3-5-8-17/h2-14,17-18,26H,15-16,19-20H2,1H3,(H2,32,39)(H,33,37)(H,34,40);2-16,24H,17-18H2,1H3,(H2,30,36)(H,31,37)(H,32,38);3-12,19H,13-14H2,1-2H3,(H2,25,31)(H,26,33)(H,27,32);3-12,20H,13-14H2,1-2H3,(H2,25,32)(H,26,30)(H,27,33). The van der Waals surface area contributed by atoms with Gasteiger partial charge in [0.25, 0.3) is 53.2 Å². The molecule has 10 aromatic carbocycles. The number of hydrogen-bond donors (Lipinski definition) is 12. The number of alkyl carbamates (subject to hydrolysis) is 1. The van der Waals surface area contributed by atoms with Crippen LogP contribution in [0.2, 0.25) is 0 Å². The van der Waals surface area contributed by atoms with E-state index in [1.54, 1.807) is 234 Å². The Morgan fingerprint density at radius 3 is 0.786 bits per heavy atom. The zero-order valence-corrected chi connectivity index (χ0v) is 80.1. The lowest BCUT2D eigenvalue weighted by atomic mass is 10.0. The van der Waals surface area contributed by atoms with Gasteiger partial charge in [0.05, 0.1) is 52.6 Å². The van der Waals surface area contributed by atoms with Crippen LogP contribution in [0, 0.1) is 27.7 Å². The number of amides is 12. The number of carbonyl (C=O) groups excluding carboxylic acids is 16. The number of primary amides is 4. The first kappa shape index (κ1) is 107. The number of aromatic nitrogens is 8. The van der Waals surface area contributed by atoms with Gasteiger partial charge in [-0.25, -0.2) is 23.5 Å². The summed E-state index contributed by atoms with van der Waals surface area (Å²) in [5.74, 6) is -10.8. The van der Waals surface area contributed by atoms with Gasteiger partial charge < -0.3 is 70.2 Å². The Labute approximate surface area is 833 Å². The molecule has 0 aliphatic heterocycles. The minimum atomic E-state index is -1.13. The maximum atomic E-state index is 13.3. The van der Waals surface area contributed by atoms with Crippen LogP contribution in [0.3, 0.4) is 0 Å². The van der Waals surface area contributed by atoms with Crippen LogP contribution in [-0.2, 0) is 111 Å². The third-order valence-corrected chi connectivity index (χ3v) is 22.1. The highest BCUT2D eigenvalue weighted by Gasteiger charge is 2.33. The van der Waals surface area contributed by atoms with Gasteiger partial charge in [0.15, 0.2) is 0 Å². The van der Waals surface area contributed by atoms with Gasteiger partial charge in [-0.1, -0.05) is 218 Å². The van der Waals surface area contributed by atoms with Gasteiger partial charge in [0, 0.05) is 70.8 Å². The summed E-state index contributed by atoms with van der Waals surface area (Å²) in [6.07, 6.45) is 0.911. The van der Waals surface area contributed by atoms with Crippen molar-refractivity contribution in [3.05, 3.63) is 405 Å². The molecule has 12 amide bonds. The van der Waals surface area contributed by atoms with Crippen molar-refractivity contribution in [2.45, 2.75) is 123 Å². The van der Waals surface area contributed by atoms with E-state index in [4.69, 9.17) is 22.9 Å². The van der Waals surface area contributed by atoms with Crippen molar-refractivity contribution in [3.63, 3.8) is 0 Å². The molecular formula is C108H108N20O17. The fourth-order valence-corrected chi connectivity index (χ4v) is 15.0. The maximum absolute atomic E-state index is 13.3. The molecule has 4 heterocycles. The number of Topliss-reactive ketones (excluding diaryl/α,β-unsaturated/α-hetero) is 4. The number of nitrogens with one attached hydrogen (secondary N) is 8. The van der Waals surface area contributed by atoms with Crippen molar-refractivity contribution in [3.8, 4) is 22.7 Å². The Hall–Kier alpha value is -18.8. The lowest BCUT2D eigenvalue weighted by molar-refractivity contribution is -0.137. The number of aryl methyl sites for hydroxylation is 5. The van der Waals surface area contributed by atoms with Crippen molar-refractivity contribution in [1.29, 1.82) is 0 Å². The van der Waals surface area contributed by atoms with Crippen LogP contribution in [0.1, 0.15) is 139 Å². The van der Waals surface area contributed by atoms with Crippen LogP contribution in [0.5, 0.6) is 0 Å². The maximum Gasteiger partial charge on any atom is 0.407 e. The first-order valence-corrected chi connectivity index (χ1v) is 45.7. The number of nitrogens with zero attached hydrogens (tertiary/aromatic N) is 8. The monoisotopic (exact) mass is 1960 g/mol. The van der Waals surface area contributed by atoms with Gasteiger partial charge in [-0.2, -0.15) is 20.4 Å². The second-order valence-electron chi connectivity index (χ2n) is 33.4. The average Bonchev–Trinajstić information content (AvgIpc) is 1.68. The van der Waals surface area contributed by atoms with Crippen molar-refractivity contribution in [2.75, 3.05) is 7.11 Å². The highest BCUT2D eigenvalue weighted by atomic mass is 16.5. The van der Waals surface area contributed by atoms with Crippen LogP contribution in [0.4, 0.5) is 4.79 Å². The van der Waals surface area contributed by atoms with E-state index >= 15 is 0 Å². The second-order valence-corrected chi connectivity index (χ2v) is 33.4. The molecule has 0 radical (unpaired) electrons. The van der Waals surface area contributed by atoms with Gasteiger partial charge in [0.2, 0.25) is 34.9 Å². The van der Waals surface area contributed by atoms with Gasteiger partial charge >= 0.3 is 6.09 Å². The zero-order chi connectivity index (χ0) is 104. The summed E-state index contributed by atoms with van der Waals surface area (Å²) in [5, 5.41) is 39.4. The average molecular weight is 1960 g/mol. The van der Waals surface area contributed by atoms with E-state index in [2.05, 4.69) is 67.7 Å². The first-order valence-electron chi connectivity index (χ1n) is 45.7. The Bertz CT molecular complexity index is 7010. The lowest BCUT2D eigenvalue weighted by Gasteiger charge is -2.17. The molecule has 0 bridgehead atoms.